The lowest BCUT2D eigenvalue weighted by atomic mass is 10.2. The largest absolute Gasteiger partial charge is 0.385 e. The number of unbranched alkanes of at least 4 members (excludes halogenated alkanes) is 2. The number of nitro groups is 1. The smallest absolute Gasteiger partial charge is 0.269 e. The molecule has 1 N–H and O–H groups in total. The molecule has 0 aliphatic rings. The third-order valence-electron chi connectivity index (χ3n) is 3.32. The molecule has 0 saturated heterocycles. The van der Waals surface area contributed by atoms with Gasteiger partial charge in [-0.1, -0.05) is 19.8 Å². The Morgan fingerprint density at radius 1 is 0.957 bits per heavy atom. The minimum Gasteiger partial charge on any atom is -0.385 e. The van der Waals surface area contributed by atoms with Crippen molar-refractivity contribution in [1.82, 2.24) is 0 Å². The molecule has 2 aromatic carbocycles. The monoisotopic (exact) mass is 312 g/mol. The van der Waals surface area contributed by atoms with Gasteiger partial charge in [0.15, 0.2) is 0 Å². The van der Waals surface area contributed by atoms with Crippen molar-refractivity contribution in [2.75, 3.05) is 11.9 Å². The number of non-ortho nitro benzene ring substituents is 1. The molecule has 2 aromatic rings. The number of hydrogen-bond acceptors (Lipinski definition) is 5. The van der Waals surface area contributed by atoms with Gasteiger partial charge in [-0.15, -0.1) is 0 Å². The van der Waals surface area contributed by atoms with E-state index < -0.39 is 4.92 Å². The SMILES string of the molecule is CCCCCNc1ccc(N=Nc2ccc([N+](=O)[O-])cc2)cc1. The van der Waals surface area contributed by atoms with Crippen molar-refractivity contribution >= 4 is 22.7 Å². The zero-order valence-corrected chi connectivity index (χ0v) is 13.1. The van der Waals surface area contributed by atoms with Gasteiger partial charge >= 0.3 is 0 Å². The van der Waals surface area contributed by atoms with Crippen LogP contribution in [0.25, 0.3) is 0 Å². The molecule has 0 spiro atoms. The van der Waals surface area contributed by atoms with Gasteiger partial charge in [0.1, 0.15) is 0 Å². The maximum Gasteiger partial charge on any atom is 0.269 e. The molecule has 0 radical (unpaired) electrons. The highest BCUT2D eigenvalue weighted by molar-refractivity contribution is 5.51. The highest BCUT2D eigenvalue weighted by Crippen LogP contribution is 2.22. The third-order valence-corrected chi connectivity index (χ3v) is 3.32. The van der Waals surface area contributed by atoms with Crippen molar-refractivity contribution in [2.45, 2.75) is 26.2 Å². The van der Waals surface area contributed by atoms with Crippen LogP contribution in [-0.4, -0.2) is 11.5 Å². The first-order valence-electron chi connectivity index (χ1n) is 7.69. The Bertz CT molecular complexity index is 651. The Morgan fingerprint density at radius 2 is 1.52 bits per heavy atom. The van der Waals surface area contributed by atoms with Gasteiger partial charge in [-0.2, -0.15) is 10.2 Å². The third kappa shape index (κ3) is 5.50. The van der Waals surface area contributed by atoms with Gasteiger partial charge in [0, 0.05) is 24.4 Å². The van der Waals surface area contributed by atoms with Gasteiger partial charge in [0.05, 0.1) is 16.3 Å². The maximum atomic E-state index is 10.6. The molecule has 0 heterocycles. The fourth-order valence-electron chi connectivity index (χ4n) is 2.01. The summed E-state index contributed by atoms with van der Waals surface area (Å²) in [6, 6.07) is 13.7. The van der Waals surface area contributed by atoms with Crippen LogP contribution in [0.3, 0.4) is 0 Å². The normalized spacial score (nSPS) is 10.8. The first-order valence-corrected chi connectivity index (χ1v) is 7.69. The number of nitrogens with zero attached hydrogens (tertiary/aromatic N) is 3. The van der Waals surface area contributed by atoms with Crippen molar-refractivity contribution in [3.63, 3.8) is 0 Å². The van der Waals surface area contributed by atoms with E-state index in [9.17, 15) is 10.1 Å². The number of nitro benzene ring substituents is 1. The van der Waals surface area contributed by atoms with Crippen LogP contribution >= 0.6 is 0 Å². The molecule has 0 atom stereocenters. The Morgan fingerprint density at radius 3 is 2.04 bits per heavy atom. The zero-order valence-electron chi connectivity index (χ0n) is 13.1. The Hall–Kier alpha value is -2.76. The molecule has 23 heavy (non-hydrogen) atoms. The molecule has 0 aliphatic heterocycles. The minimum atomic E-state index is -0.437. The summed E-state index contributed by atoms with van der Waals surface area (Å²) in [4.78, 5) is 10.1. The molecule has 120 valence electrons. The van der Waals surface area contributed by atoms with Crippen LogP contribution < -0.4 is 5.32 Å². The molecule has 0 saturated carbocycles. The predicted octanol–water partition coefficient (Wildman–Crippen LogP) is 5.61. The number of benzene rings is 2. The molecule has 6 heteroatoms. The van der Waals surface area contributed by atoms with Crippen LogP contribution in [0.15, 0.2) is 58.8 Å². The minimum absolute atomic E-state index is 0.0439. The number of hydrogen-bond donors (Lipinski definition) is 1. The number of anilines is 1. The van der Waals surface area contributed by atoms with Crippen LogP contribution in [0.5, 0.6) is 0 Å². The van der Waals surface area contributed by atoms with E-state index in [-0.39, 0.29) is 5.69 Å². The van der Waals surface area contributed by atoms with E-state index in [2.05, 4.69) is 22.5 Å². The van der Waals surface area contributed by atoms with E-state index in [1.165, 1.54) is 25.0 Å². The van der Waals surface area contributed by atoms with Crippen LogP contribution in [0.4, 0.5) is 22.7 Å². The van der Waals surface area contributed by atoms with E-state index in [0.717, 1.165) is 24.3 Å². The lowest BCUT2D eigenvalue weighted by Gasteiger charge is -2.05. The molecule has 2 rings (SSSR count). The molecule has 0 aliphatic carbocycles. The van der Waals surface area contributed by atoms with E-state index in [1.54, 1.807) is 12.1 Å². The molecule has 0 bridgehead atoms. The molecular formula is C17H20N4O2. The summed E-state index contributed by atoms with van der Waals surface area (Å²) < 4.78 is 0. The van der Waals surface area contributed by atoms with Crippen LogP contribution in [-0.2, 0) is 0 Å². The Balaban J connectivity index is 1.90. The molecule has 6 nitrogen and oxygen atoms in total. The van der Waals surface area contributed by atoms with Gasteiger partial charge in [0.2, 0.25) is 0 Å². The van der Waals surface area contributed by atoms with Crippen LogP contribution in [0, 0.1) is 10.1 Å². The van der Waals surface area contributed by atoms with Crippen molar-refractivity contribution in [3.8, 4) is 0 Å². The van der Waals surface area contributed by atoms with Crippen molar-refractivity contribution < 1.29 is 4.92 Å². The summed E-state index contributed by atoms with van der Waals surface area (Å²) in [5.41, 5.74) is 2.43. The number of azo groups is 1. The summed E-state index contributed by atoms with van der Waals surface area (Å²) >= 11 is 0. The summed E-state index contributed by atoms with van der Waals surface area (Å²) in [6.45, 7) is 3.15. The molecule has 0 fully saturated rings. The van der Waals surface area contributed by atoms with Crippen molar-refractivity contribution in [1.29, 1.82) is 0 Å². The Kier molecular flexibility index (Phi) is 6.23. The van der Waals surface area contributed by atoms with Crippen LogP contribution in [0.1, 0.15) is 26.2 Å². The van der Waals surface area contributed by atoms with Crippen molar-refractivity contribution in [2.24, 2.45) is 10.2 Å². The van der Waals surface area contributed by atoms with Gasteiger partial charge < -0.3 is 5.32 Å². The predicted molar refractivity (Wildman–Crippen MR) is 91.7 cm³/mol. The molecule has 0 unspecified atom stereocenters. The second kappa shape index (κ2) is 8.63. The highest BCUT2D eigenvalue weighted by Gasteiger charge is 2.03. The molecular weight excluding hydrogens is 292 g/mol. The van der Waals surface area contributed by atoms with Crippen LogP contribution in [0.2, 0.25) is 0 Å². The quantitative estimate of drug-likeness (QED) is 0.297. The van der Waals surface area contributed by atoms with Gasteiger partial charge in [-0.25, -0.2) is 0 Å². The average Bonchev–Trinajstić information content (AvgIpc) is 2.58. The second-order valence-corrected chi connectivity index (χ2v) is 5.15. The summed E-state index contributed by atoms with van der Waals surface area (Å²) in [6.07, 6.45) is 3.61. The fraction of sp³-hybridized carbons (Fsp3) is 0.294. The highest BCUT2D eigenvalue weighted by atomic mass is 16.6. The number of rotatable bonds is 8. The molecule has 0 aromatic heterocycles. The zero-order chi connectivity index (χ0) is 16.5. The second-order valence-electron chi connectivity index (χ2n) is 5.15. The Labute approximate surface area is 135 Å². The average molecular weight is 312 g/mol. The summed E-state index contributed by atoms with van der Waals surface area (Å²) in [5.74, 6) is 0. The van der Waals surface area contributed by atoms with E-state index in [1.807, 2.05) is 24.3 Å². The first-order chi connectivity index (χ1) is 11.2. The number of nitrogens with one attached hydrogen (secondary N) is 1. The fourth-order valence-corrected chi connectivity index (χ4v) is 2.01. The maximum absolute atomic E-state index is 10.6. The van der Waals surface area contributed by atoms with E-state index in [4.69, 9.17) is 0 Å². The van der Waals surface area contributed by atoms with Crippen molar-refractivity contribution in [3.05, 3.63) is 58.6 Å². The lowest BCUT2D eigenvalue weighted by molar-refractivity contribution is -0.384. The summed E-state index contributed by atoms with van der Waals surface area (Å²) in [7, 11) is 0. The molecule has 0 amide bonds. The summed E-state index contributed by atoms with van der Waals surface area (Å²) in [5, 5.41) is 22.1. The lowest BCUT2D eigenvalue weighted by Crippen LogP contribution is -2.00. The topological polar surface area (TPSA) is 79.9 Å². The van der Waals surface area contributed by atoms with E-state index in [0.29, 0.717) is 5.69 Å². The van der Waals surface area contributed by atoms with Gasteiger partial charge in [-0.3, -0.25) is 10.1 Å². The standard InChI is InChI=1S/C17H20N4O2/c1-2-3-4-13-18-14-5-7-15(8-6-14)19-20-16-9-11-17(12-10-16)21(22)23/h5-12,18H,2-4,13H2,1H3. The van der Waals surface area contributed by atoms with Gasteiger partial charge in [0.25, 0.3) is 5.69 Å². The first kappa shape index (κ1) is 16.6. The van der Waals surface area contributed by atoms with Gasteiger partial charge in [-0.05, 0) is 42.8 Å². The van der Waals surface area contributed by atoms with E-state index >= 15 is 0 Å².